The Morgan fingerprint density at radius 3 is 3.09 bits per heavy atom. The van der Waals surface area contributed by atoms with Crippen molar-refractivity contribution in [3.8, 4) is 0 Å². The molecule has 0 saturated heterocycles. The largest absolute Gasteiger partial charge is 0.494 e. The third kappa shape index (κ3) is 3.46. The van der Waals surface area contributed by atoms with Crippen LogP contribution in [-0.4, -0.2) is 24.0 Å². The number of ketones is 1. The van der Waals surface area contributed by atoms with Gasteiger partial charge in [-0.2, -0.15) is 0 Å². The number of dihydropyridines is 1. The van der Waals surface area contributed by atoms with E-state index in [1.165, 1.54) is 17.4 Å². The molecule has 1 aromatic rings. The van der Waals surface area contributed by atoms with Gasteiger partial charge in [-0.1, -0.05) is 18.2 Å². The predicted molar refractivity (Wildman–Crippen MR) is 90.7 cm³/mol. The maximum atomic E-state index is 12.1. The molecule has 2 aliphatic rings. The lowest BCUT2D eigenvalue weighted by atomic mass is 9.92. The Morgan fingerprint density at radius 2 is 2.35 bits per heavy atom. The van der Waals surface area contributed by atoms with Crippen molar-refractivity contribution in [3.05, 3.63) is 70.2 Å². The lowest BCUT2D eigenvalue weighted by Crippen LogP contribution is -2.20. The fraction of sp³-hybridized carbons (Fsp3) is 0.167. The number of rotatable bonds is 5. The van der Waals surface area contributed by atoms with E-state index >= 15 is 0 Å². The standard InChI is InChI=1S/C18H15NO3S/c1-2-22-14-7-5-12-10-13(18(21)19-15(12)11-14)6-8-16(20)17-4-3-9-23-17/h3-12H,2H2,1H3/b8-6+. The van der Waals surface area contributed by atoms with Crippen LogP contribution in [0.4, 0.5) is 0 Å². The highest BCUT2D eigenvalue weighted by atomic mass is 32.1. The topological polar surface area (TPSA) is 55.7 Å². The SMILES string of the molecule is CCOC1=CC2=NC(=O)C(/C=C/C(=O)c3cccs3)=CC2C=C1. The van der Waals surface area contributed by atoms with Gasteiger partial charge in [0.2, 0.25) is 0 Å². The Kier molecular flexibility index (Phi) is 4.48. The number of hydrogen-bond acceptors (Lipinski definition) is 4. The second kappa shape index (κ2) is 6.71. The number of ether oxygens (including phenoxy) is 1. The first-order chi connectivity index (χ1) is 11.2. The van der Waals surface area contributed by atoms with Crippen LogP contribution in [0.5, 0.6) is 0 Å². The van der Waals surface area contributed by atoms with Crippen LogP contribution in [0.15, 0.2) is 70.3 Å². The van der Waals surface area contributed by atoms with Gasteiger partial charge in [-0.25, -0.2) is 4.99 Å². The summed E-state index contributed by atoms with van der Waals surface area (Å²) >= 11 is 1.38. The fourth-order valence-electron chi connectivity index (χ4n) is 2.33. The number of aliphatic imine (C=N–C) groups is 1. The Balaban J connectivity index is 1.76. The molecule has 5 heteroatoms. The lowest BCUT2D eigenvalue weighted by Gasteiger charge is -2.19. The molecule has 2 heterocycles. The summed E-state index contributed by atoms with van der Waals surface area (Å²) < 4.78 is 5.42. The smallest absolute Gasteiger partial charge is 0.276 e. The molecule has 1 unspecified atom stereocenters. The van der Waals surface area contributed by atoms with Gasteiger partial charge in [0.25, 0.3) is 5.91 Å². The summed E-state index contributed by atoms with van der Waals surface area (Å²) in [6.07, 6.45) is 10.4. The van der Waals surface area contributed by atoms with Gasteiger partial charge in [-0.3, -0.25) is 9.59 Å². The Labute approximate surface area is 138 Å². The molecule has 0 spiro atoms. The molecule has 1 aliphatic heterocycles. The minimum atomic E-state index is -0.339. The average molecular weight is 325 g/mol. The number of fused-ring (bicyclic) bond motifs is 1. The molecule has 1 atom stereocenters. The molecular weight excluding hydrogens is 310 g/mol. The van der Waals surface area contributed by atoms with E-state index in [2.05, 4.69) is 4.99 Å². The highest BCUT2D eigenvalue weighted by Crippen LogP contribution is 2.23. The zero-order valence-corrected chi connectivity index (χ0v) is 13.4. The summed E-state index contributed by atoms with van der Waals surface area (Å²) in [4.78, 5) is 28.8. The number of allylic oxidation sites excluding steroid dienone is 5. The Hall–Kier alpha value is -2.53. The molecule has 0 fully saturated rings. The van der Waals surface area contributed by atoms with Gasteiger partial charge in [-0.15, -0.1) is 11.3 Å². The predicted octanol–water partition coefficient (Wildman–Crippen LogP) is 3.50. The van der Waals surface area contributed by atoms with Gasteiger partial charge in [0.05, 0.1) is 17.2 Å². The van der Waals surface area contributed by atoms with E-state index in [1.54, 1.807) is 18.2 Å². The van der Waals surface area contributed by atoms with Crippen molar-refractivity contribution >= 4 is 28.7 Å². The molecular formula is C18H15NO3S. The van der Waals surface area contributed by atoms with Crippen LogP contribution >= 0.6 is 11.3 Å². The number of amides is 1. The van der Waals surface area contributed by atoms with E-state index in [-0.39, 0.29) is 17.6 Å². The number of hydrogen-bond donors (Lipinski definition) is 0. The molecule has 1 aromatic heterocycles. The molecule has 1 aliphatic carbocycles. The van der Waals surface area contributed by atoms with Crippen LogP contribution in [0, 0.1) is 5.92 Å². The molecule has 0 bridgehead atoms. The van der Waals surface area contributed by atoms with Crippen LogP contribution in [0.25, 0.3) is 0 Å². The first-order valence-corrected chi connectivity index (χ1v) is 8.18. The molecule has 0 aromatic carbocycles. The summed E-state index contributed by atoms with van der Waals surface area (Å²) in [6.45, 7) is 2.47. The van der Waals surface area contributed by atoms with Gasteiger partial charge in [0.15, 0.2) is 5.78 Å². The van der Waals surface area contributed by atoms with Crippen molar-refractivity contribution in [2.24, 2.45) is 10.9 Å². The molecule has 4 nitrogen and oxygen atoms in total. The van der Waals surface area contributed by atoms with E-state index in [0.29, 0.717) is 28.5 Å². The first-order valence-electron chi connectivity index (χ1n) is 7.30. The van der Waals surface area contributed by atoms with Crippen LogP contribution in [0.2, 0.25) is 0 Å². The molecule has 1 amide bonds. The van der Waals surface area contributed by atoms with Crippen molar-refractivity contribution < 1.29 is 14.3 Å². The van der Waals surface area contributed by atoms with Crippen LogP contribution in [0.3, 0.4) is 0 Å². The summed E-state index contributed by atoms with van der Waals surface area (Å²) in [7, 11) is 0. The van der Waals surface area contributed by atoms with Crippen molar-refractivity contribution in [2.45, 2.75) is 6.92 Å². The minimum absolute atomic E-state index is 0.0617. The highest BCUT2D eigenvalue weighted by molar-refractivity contribution is 7.12. The zero-order valence-electron chi connectivity index (χ0n) is 12.6. The number of thiophene rings is 1. The molecule has 0 N–H and O–H groups in total. The third-order valence-corrected chi connectivity index (χ3v) is 4.31. The zero-order chi connectivity index (χ0) is 16.2. The van der Waals surface area contributed by atoms with Gasteiger partial charge < -0.3 is 4.74 Å². The third-order valence-electron chi connectivity index (χ3n) is 3.43. The van der Waals surface area contributed by atoms with Crippen molar-refractivity contribution in [2.75, 3.05) is 6.61 Å². The van der Waals surface area contributed by atoms with Crippen LogP contribution in [-0.2, 0) is 9.53 Å². The summed E-state index contributed by atoms with van der Waals surface area (Å²) in [5, 5.41) is 1.85. The van der Waals surface area contributed by atoms with E-state index in [9.17, 15) is 9.59 Å². The van der Waals surface area contributed by atoms with Gasteiger partial charge in [0.1, 0.15) is 5.76 Å². The van der Waals surface area contributed by atoms with Crippen LogP contribution in [0.1, 0.15) is 16.6 Å². The second-order valence-electron chi connectivity index (χ2n) is 5.00. The molecule has 116 valence electrons. The molecule has 23 heavy (non-hydrogen) atoms. The number of nitrogens with zero attached hydrogens (tertiary/aromatic N) is 1. The normalized spacial score (nSPS) is 20.0. The number of carbonyl (C=O) groups is 2. The lowest BCUT2D eigenvalue weighted by molar-refractivity contribution is -0.114. The quantitative estimate of drug-likeness (QED) is 0.615. The molecule has 0 radical (unpaired) electrons. The monoisotopic (exact) mass is 325 g/mol. The fourth-order valence-corrected chi connectivity index (χ4v) is 2.98. The van der Waals surface area contributed by atoms with E-state index in [0.717, 1.165) is 0 Å². The molecule has 3 rings (SSSR count). The van der Waals surface area contributed by atoms with Crippen LogP contribution < -0.4 is 0 Å². The Bertz CT molecular complexity index is 779. The van der Waals surface area contributed by atoms with E-state index in [4.69, 9.17) is 4.74 Å². The van der Waals surface area contributed by atoms with Crippen molar-refractivity contribution in [1.29, 1.82) is 0 Å². The van der Waals surface area contributed by atoms with E-state index < -0.39 is 0 Å². The van der Waals surface area contributed by atoms with Crippen molar-refractivity contribution in [3.63, 3.8) is 0 Å². The summed E-state index contributed by atoms with van der Waals surface area (Å²) in [6, 6.07) is 3.58. The maximum absolute atomic E-state index is 12.1. The second-order valence-corrected chi connectivity index (χ2v) is 5.95. The van der Waals surface area contributed by atoms with Gasteiger partial charge >= 0.3 is 0 Å². The van der Waals surface area contributed by atoms with E-state index in [1.807, 2.05) is 36.6 Å². The first kappa shape index (κ1) is 15.4. The summed E-state index contributed by atoms with van der Waals surface area (Å²) in [5.41, 5.74) is 1.10. The number of carbonyl (C=O) groups excluding carboxylic acids is 2. The van der Waals surface area contributed by atoms with Gasteiger partial charge in [0, 0.05) is 17.6 Å². The minimum Gasteiger partial charge on any atom is -0.494 e. The maximum Gasteiger partial charge on any atom is 0.276 e. The Morgan fingerprint density at radius 1 is 1.48 bits per heavy atom. The summed E-state index contributed by atoms with van der Waals surface area (Å²) in [5.74, 6) is 0.194. The van der Waals surface area contributed by atoms with Crippen molar-refractivity contribution in [1.82, 2.24) is 0 Å². The highest BCUT2D eigenvalue weighted by Gasteiger charge is 2.22. The van der Waals surface area contributed by atoms with Gasteiger partial charge in [-0.05, 0) is 36.6 Å². The molecule has 0 saturated carbocycles. The average Bonchev–Trinajstić information content (AvgIpc) is 3.07.